The molecule has 3 N–H and O–H groups in total. The lowest BCUT2D eigenvalue weighted by Crippen LogP contribution is -2.43. The van der Waals surface area contributed by atoms with Crippen molar-refractivity contribution in [1.29, 1.82) is 0 Å². The van der Waals surface area contributed by atoms with Gasteiger partial charge in [-0.15, -0.1) is 0 Å². The van der Waals surface area contributed by atoms with Crippen LogP contribution >= 0.6 is 0 Å². The molecule has 114 valence electrons. The first-order valence-electron chi connectivity index (χ1n) is 7.08. The summed E-state index contributed by atoms with van der Waals surface area (Å²) in [6.07, 6.45) is 5.74. The molecule has 1 aliphatic rings. The Bertz CT molecular complexity index is 342. The summed E-state index contributed by atoms with van der Waals surface area (Å²) in [5.41, 5.74) is 5.38. The van der Waals surface area contributed by atoms with E-state index in [-0.39, 0.29) is 0 Å². The van der Waals surface area contributed by atoms with Crippen LogP contribution in [-0.2, 0) is 10.2 Å². The first-order chi connectivity index (χ1) is 8.97. The van der Waals surface area contributed by atoms with Crippen LogP contribution in [0.2, 0.25) is 0 Å². The maximum atomic E-state index is 11.9. The fourth-order valence-corrected chi connectivity index (χ4v) is 3.36. The standard InChI is InChI=1S/C12H28N4O2S/c1-15(12-6-3-4-7-12)11-9-14-19(17,18)16(2)10-5-8-13/h12,14H,3-11,13H2,1-2H3. The van der Waals surface area contributed by atoms with E-state index in [1.54, 1.807) is 7.05 Å². The summed E-state index contributed by atoms with van der Waals surface area (Å²) < 4.78 is 27.8. The van der Waals surface area contributed by atoms with Gasteiger partial charge in [0.2, 0.25) is 0 Å². The number of hydrogen-bond donors (Lipinski definition) is 2. The van der Waals surface area contributed by atoms with Crippen molar-refractivity contribution in [2.45, 2.75) is 38.1 Å². The Morgan fingerprint density at radius 2 is 1.84 bits per heavy atom. The minimum atomic E-state index is -3.35. The Hall–Kier alpha value is -0.210. The van der Waals surface area contributed by atoms with Crippen LogP contribution in [-0.4, -0.2) is 63.9 Å². The highest BCUT2D eigenvalue weighted by Gasteiger charge is 2.20. The van der Waals surface area contributed by atoms with Gasteiger partial charge in [-0.2, -0.15) is 12.7 Å². The second-order valence-corrected chi connectivity index (χ2v) is 7.14. The van der Waals surface area contributed by atoms with E-state index in [1.807, 2.05) is 0 Å². The molecule has 6 nitrogen and oxygen atoms in total. The zero-order chi connectivity index (χ0) is 14.3. The molecule has 1 rings (SSSR count). The van der Waals surface area contributed by atoms with Gasteiger partial charge in [0.25, 0.3) is 10.2 Å². The van der Waals surface area contributed by atoms with E-state index >= 15 is 0 Å². The molecular formula is C12H28N4O2S. The van der Waals surface area contributed by atoms with Gasteiger partial charge in [-0.3, -0.25) is 0 Å². The molecule has 1 saturated carbocycles. The highest BCUT2D eigenvalue weighted by atomic mass is 32.2. The number of nitrogens with two attached hydrogens (primary N) is 1. The molecule has 0 bridgehead atoms. The predicted molar refractivity (Wildman–Crippen MR) is 78.1 cm³/mol. The van der Waals surface area contributed by atoms with E-state index in [1.165, 1.54) is 30.0 Å². The van der Waals surface area contributed by atoms with Crippen LogP contribution in [0.15, 0.2) is 0 Å². The second kappa shape index (κ2) is 8.16. The zero-order valence-corrected chi connectivity index (χ0v) is 13.0. The quantitative estimate of drug-likeness (QED) is 0.626. The SMILES string of the molecule is CN(CCNS(=O)(=O)N(C)CCCN)C1CCCC1. The highest BCUT2D eigenvalue weighted by molar-refractivity contribution is 7.87. The summed E-state index contributed by atoms with van der Waals surface area (Å²) in [5, 5.41) is 0. The number of likely N-dealkylation sites (N-methyl/N-ethyl adjacent to an activating group) is 1. The number of nitrogens with one attached hydrogen (secondary N) is 1. The van der Waals surface area contributed by atoms with Gasteiger partial charge in [0.1, 0.15) is 0 Å². The van der Waals surface area contributed by atoms with E-state index < -0.39 is 10.2 Å². The van der Waals surface area contributed by atoms with Crippen molar-refractivity contribution in [3.8, 4) is 0 Å². The van der Waals surface area contributed by atoms with Crippen molar-refractivity contribution in [1.82, 2.24) is 13.9 Å². The molecule has 0 aromatic carbocycles. The smallest absolute Gasteiger partial charge is 0.279 e. The van der Waals surface area contributed by atoms with Crippen molar-refractivity contribution in [2.24, 2.45) is 5.73 Å². The molecule has 19 heavy (non-hydrogen) atoms. The Kier molecular flexibility index (Phi) is 7.23. The molecule has 0 spiro atoms. The fourth-order valence-electron chi connectivity index (χ4n) is 2.42. The molecule has 0 amide bonds. The van der Waals surface area contributed by atoms with Gasteiger partial charge in [0.05, 0.1) is 0 Å². The summed E-state index contributed by atoms with van der Waals surface area (Å²) >= 11 is 0. The Morgan fingerprint density at radius 3 is 2.42 bits per heavy atom. The second-order valence-electron chi connectivity index (χ2n) is 5.28. The molecule has 0 aromatic heterocycles. The fraction of sp³-hybridized carbons (Fsp3) is 1.00. The third-order valence-electron chi connectivity index (χ3n) is 3.78. The lowest BCUT2D eigenvalue weighted by atomic mass is 10.2. The van der Waals surface area contributed by atoms with Crippen LogP contribution < -0.4 is 10.5 Å². The Labute approximate surface area is 117 Å². The molecule has 7 heteroatoms. The van der Waals surface area contributed by atoms with Crippen LogP contribution in [0.4, 0.5) is 0 Å². The Morgan fingerprint density at radius 1 is 1.21 bits per heavy atom. The average Bonchev–Trinajstić information content (AvgIpc) is 2.89. The van der Waals surface area contributed by atoms with E-state index in [4.69, 9.17) is 5.73 Å². The third-order valence-corrected chi connectivity index (χ3v) is 5.36. The zero-order valence-electron chi connectivity index (χ0n) is 12.1. The predicted octanol–water partition coefficient (Wildman–Crippen LogP) is -0.0242. The molecule has 1 fully saturated rings. The van der Waals surface area contributed by atoms with Crippen molar-refractivity contribution in [3.05, 3.63) is 0 Å². The van der Waals surface area contributed by atoms with Gasteiger partial charge in [-0.1, -0.05) is 12.8 Å². The lowest BCUT2D eigenvalue weighted by Gasteiger charge is -2.24. The molecule has 0 atom stereocenters. The number of nitrogens with zero attached hydrogens (tertiary/aromatic N) is 2. The topological polar surface area (TPSA) is 78.7 Å². The third kappa shape index (κ3) is 5.74. The van der Waals surface area contributed by atoms with Crippen LogP contribution in [0.1, 0.15) is 32.1 Å². The van der Waals surface area contributed by atoms with Gasteiger partial charge in [-0.05, 0) is 32.9 Å². The van der Waals surface area contributed by atoms with E-state index in [9.17, 15) is 8.42 Å². The van der Waals surface area contributed by atoms with Crippen LogP contribution in [0.25, 0.3) is 0 Å². The van der Waals surface area contributed by atoms with Crippen molar-refractivity contribution < 1.29 is 8.42 Å². The first-order valence-corrected chi connectivity index (χ1v) is 8.52. The van der Waals surface area contributed by atoms with Gasteiger partial charge < -0.3 is 10.6 Å². The summed E-state index contributed by atoms with van der Waals surface area (Å²) in [7, 11) is 0.303. The summed E-state index contributed by atoms with van der Waals surface area (Å²) in [4.78, 5) is 2.26. The minimum Gasteiger partial charge on any atom is -0.330 e. The van der Waals surface area contributed by atoms with Gasteiger partial charge >= 0.3 is 0 Å². The van der Waals surface area contributed by atoms with Crippen molar-refractivity contribution in [2.75, 3.05) is 40.3 Å². The first kappa shape index (κ1) is 16.8. The molecule has 0 heterocycles. The van der Waals surface area contributed by atoms with Gasteiger partial charge in [-0.25, -0.2) is 4.72 Å². The molecule has 0 aromatic rings. The van der Waals surface area contributed by atoms with E-state index in [0.29, 0.717) is 32.1 Å². The number of hydrogen-bond acceptors (Lipinski definition) is 4. The minimum absolute atomic E-state index is 0.461. The molecule has 0 saturated heterocycles. The van der Waals surface area contributed by atoms with Crippen molar-refractivity contribution in [3.63, 3.8) is 0 Å². The molecule has 0 aliphatic heterocycles. The molecule has 0 radical (unpaired) electrons. The lowest BCUT2D eigenvalue weighted by molar-refractivity contribution is 0.249. The van der Waals surface area contributed by atoms with Gasteiger partial charge in [0, 0.05) is 32.7 Å². The maximum absolute atomic E-state index is 11.9. The van der Waals surface area contributed by atoms with Crippen LogP contribution in [0.5, 0.6) is 0 Å². The summed E-state index contributed by atoms with van der Waals surface area (Å²) in [6, 6.07) is 0.625. The van der Waals surface area contributed by atoms with Crippen LogP contribution in [0.3, 0.4) is 0 Å². The molecule has 1 aliphatic carbocycles. The number of rotatable bonds is 9. The van der Waals surface area contributed by atoms with E-state index in [2.05, 4.69) is 16.7 Å². The van der Waals surface area contributed by atoms with Crippen LogP contribution in [0, 0.1) is 0 Å². The average molecular weight is 292 g/mol. The largest absolute Gasteiger partial charge is 0.330 e. The summed E-state index contributed by atoms with van der Waals surface area (Å²) in [5.74, 6) is 0. The molecule has 0 unspecified atom stereocenters. The normalized spacial score (nSPS) is 17.7. The van der Waals surface area contributed by atoms with Crippen molar-refractivity contribution >= 4 is 10.2 Å². The van der Waals surface area contributed by atoms with E-state index in [0.717, 1.165) is 6.54 Å². The maximum Gasteiger partial charge on any atom is 0.279 e. The molecular weight excluding hydrogens is 264 g/mol. The van der Waals surface area contributed by atoms with Gasteiger partial charge in [0.15, 0.2) is 0 Å². The summed E-state index contributed by atoms with van der Waals surface area (Å²) in [6.45, 7) is 2.19. The highest BCUT2D eigenvalue weighted by Crippen LogP contribution is 2.21. The Balaban J connectivity index is 2.26. The monoisotopic (exact) mass is 292 g/mol.